The lowest BCUT2D eigenvalue weighted by Gasteiger charge is -2.30. The minimum Gasteiger partial charge on any atom is -0.497 e. The number of hydrogen-bond acceptors (Lipinski definition) is 4. The highest BCUT2D eigenvalue weighted by atomic mass is 79.9. The third kappa shape index (κ3) is 6.21. The van der Waals surface area contributed by atoms with Gasteiger partial charge in [-0.3, -0.25) is 4.79 Å². The Kier molecular flexibility index (Phi) is 9.10. The van der Waals surface area contributed by atoms with Gasteiger partial charge in [-0.1, -0.05) is 65.5 Å². The van der Waals surface area contributed by atoms with Gasteiger partial charge in [0.25, 0.3) is 0 Å². The molecule has 4 rings (SSSR count). The van der Waals surface area contributed by atoms with Gasteiger partial charge >= 0.3 is 5.97 Å². The molecule has 0 spiro atoms. The van der Waals surface area contributed by atoms with Gasteiger partial charge in [-0.25, -0.2) is 4.79 Å². The minimum atomic E-state index is -1.09. The van der Waals surface area contributed by atoms with Gasteiger partial charge < -0.3 is 19.9 Å². The number of halogens is 1. The molecule has 38 heavy (non-hydrogen) atoms. The standard InChI is InChI=1S/C31H34BrNO5/c1-19-8-7-11-24(20-9-5-4-6-10-20)29(19)30(21-12-14-23(37-2)15-13-21)33-28(34)17-22-16-27(38-3)25(31(35)36)18-26(22)32/h7-8,11-16,18,20,30H,4-6,9-10,17H2,1-3H3,(H,33,34)(H,35,36). The molecule has 0 aromatic heterocycles. The first-order chi connectivity index (χ1) is 18.3. The summed E-state index contributed by atoms with van der Waals surface area (Å²) in [5.41, 5.74) is 5.26. The average Bonchev–Trinajstić information content (AvgIpc) is 2.93. The van der Waals surface area contributed by atoms with Crippen LogP contribution in [0.3, 0.4) is 0 Å². The van der Waals surface area contributed by atoms with Crippen LogP contribution in [0.5, 0.6) is 11.5 Å². The third-order valence-electron chi connectivity index (χ3n) is 7.40. The molecule has 7 heteroatoms. The summed E-state index contributed by atoms with van der Waals surface area (Å²) in [6.07, 6.45) is 6.09. The van der Waals surface area contributed by atoms with E-state index in [4.69, 9.17) is 9.47 Å². The SMILES string of the molecule is COc1ccc(C(NC(=O)Cc2cc(OC)c(C(=O)O)cc2Br)c2c(C)cccc2C2CCCCC2)cc1. The van der Waals surface area contributed by atoms with E-state index in [0.29, 0.717) is 16.0 Å². The van der Waals surface area contributed by atoms with Crippen molar-refractivity contribution in [2.24, 2.45) is 0 Å². The molecule has 1 unspecified atom stereocenters. The maximum Gasteiger partial charge on any atom is 0.339 e. The molecular formula is C31H34BrNO5. The first-order valence-electron chi connectivity index (χ1n) is 12.9. The first kappa shape index (κ1) is 27.7. The van der Waals surface area contributed by atoms with Gasteiger partial charge in [0.2, 0.25) is 5.91 Å². The number of carboxylic acid groups (broad SMARTS) is 1. The second-order valence-electron chi connectivity index (χ2n) is 9.81. The normalized spacial score (nSPS) is 14.5. The maximum atomic E-state index is 13.5. The number of benzene rings is 3. The molecule has 0 bridgehead atoms. The Hall–Kier alpha value is -3.32. The van der Waals surface area contributed by atoms with Crippen LogP contribution in [0.4, 0.5) is 0 Å². The highest BCUT2D eigenvalue weighted by molar-refractivity contribution is 9.10. The predicted molar refractivity (Wildman–Crippen MR) is 151 cm³/mol. The Labute approximate surface area is 232 Å². The Morgan fingerprint density at radius 1 is 1.03 bits per heavy atom. The summed E-state index contributed by atoms with van der Waals surface area (Å²) in [7, 11) is 3.06. The Morgan fingerprint density at radius 3 is 2.37 bits per heavy atom. The van der Waals surface area contributed by atoms with Gasteiger partial charge in [0.1, 0.15) is 17.1 Å². The molecule has 1 atom stereocenters. The van der Waals surface area contributed by atoms with E-state index < -0.39 is 5.97 Å². The van der Waals surface area contributed by atoms with Gasteiger partial charge in [0.05, 0.1) is 26.7 Å². The highest BCUT2D eigenvalue weighted by Crippen LogP contribution is 2.39. The van der Waals surface area contributed by atoms with Gasteiger partial charge in [0, 0.05) is 4.47 Å². The maximum absolute atomic E-state index is 13.5. The summed E-state index contributed by atoms with van der Waals surface area (Å²) in [6.45, 7) is 2.11. The number of amides is 1. The number of aromatic carboxylic acids is 1. The second-order valence-corrected chi connectivity index (χ2v) is 10.7. The highest BCUT2D eigenvalue weighted by Gasteiger charge is 2.27. The van der Waals surface area contributed by atoms with Crippen LogP contribution in [-0.2, 0) is 11.2 Å². The predicted octanol–water partition coefficient (Wildman–Crippen LogP) is 6.97. The van der Waals surface area contributed by atoms with Gasteiger partial charge in [-0.05, 0) is 77.8 Å². The fourth-order valence-electron chi connectivity index (χ4n) is 5.44. The monoisotopic (exact) mass is 579 g/mol. The molecule has 1 aliphatic carbocycles. The average molecular weight is 581 g/mol. The van der Waals surface area contributed by atoms with E-state index in [1.54, 1.807) is 13.2 Å². The molecule has 0 heterocycles. The largest absolute Gasteiger partial charge is 0.497 e. The number of nitrogens with one attached hydrogen (secondary N) is 1. The summed E-state index contributed by atoms with van der Waals surface area (Å²) < 4.78 is 11.2. The zero-order valence-corrected chi connectivity index (χ0v) is 23.6. The minimum absolute atomic E-state index is 0.0386. The molecule has 0 radical (unpaired) electrons. The fraction of sp³-hybridized carbons (Fsp3) is 0.355. The lowest BCUT2D eigenvalue weighted by molar-refractivity contribution is -0.120. The summed E-state index contributed by atoms with van der Waals surface area (Å²) >= 11 is 3.44. The first-order valence-corrected chi connectivity index (χ1v) is 13.7. The van der Waals surface area contributed by atoms with Crippen molar-refractivity contribution in [2.45, 2.75) is 57.4 Å². The van der Waals surface area contributed by atoms with E-state index in [1.165, 1.54) is 38.0 Å². The lowest BCUT2D eigenvalue weighted by atomic mass is 9.78. The molecule has 1 aliphatic rings. The van der Waals surface area contributed by atoms with Gasteiger partial charge in [0.15, 0.2) is 0 Å². The summed E-state index contributed by atoms with van der Waals surface area (Å²) in [4.78, 5) is 25.1. The van der Waals surface area contributed by atoms with Crippen molar-refractivity contribution >= 4 is 27.8 Å². The quantitative estimate of drug-likeness (QED) is 0.286. The van der Waals surface area contributed by atoms with E-state index in [-0.39, 0.29) is 29.7 Å². The van der Waals surface area contributed by atoms with Crippen molar-refractivity contribution < 1.29 is 24.2 Å². The molecule has 2 N–H and O–H groups in total. The number of rotatable bonds is 9. The molecule has 3 aromatic carbocycles. The zero-order valence-electron chi connectivity index (χ0n) is 22.1. The van der Waals surface area contributed by atoms with Gasteiger partial charge in [-0.2, -0.15) is 0 Å². The van der Waals surface area contributed by atoms with E-state index >= 15 is 0 Å². The molecule has 0 aliphatic heterocycles. The van der Waals surface area contributed by atoms with Crippen LogP contribution >= 0.6 is 15.9 Å². The van der Waals surface area contributed by atoms with Crippen LogP contribution in [0, 0.1) is 6.92 Å². The number of hydrogen-bond donors (Lipinski definition) is 2. The second kappa shape index (κ2) is 12.5. The van der Waals surface area contributed by atoms with E-state index in [1.807, 2.05) is 24.3 Å². The van der Waals surface area contributed by atoms with Crippen molar-refractivity contribution in [3.05, 3.63) is 92.5 Å². The summed E-state index contributed by atoms with van der Waals surface area (Å²) in [6, 6.07) is 17.0. The van der Waals surface area contributed by atoms with Crippen molar-refractivity contribution in [2.75, 3.05) is 14.2 Å². The molecule has 1 saturated carbocycles. The number of ether oxygens (including phenoxy) is 2. The summed E-state index contributed by atoms with van der Waals surface area (Å²) in [5.74, 6) is 0.181. The van der Waals surface area contributed by atoms with Crippen molar-refractivity contribution in [3.63, 3.8) is 0 Å². The number of carbonyl (C=O) groups excluding carboxylic acids is 1. The fourth-order valence-corrected chi connectivity index (χ4v) is 5.92. The number of carbonyl (C=O) groups is 2. The Bertz CT molecular complexity index is 1300. The number of aryl methyl sites for hydroxylation is 1. The molecule has 1 fully saturated rings. The topological polar surface area (TPSA) is 84.9 Å². The molecular weight excluding hydrogens is 546 g/mol. The van der Waals surface area contributed by atoms with E-state index in [9.17, 15) is 14.7 Å². The molecule has 1 amide bonds. The van der Waals surface area contributed by atoms with Crippen LogP contribution in [0.25, 0.3) is 0 Å². The number of carboxylic acids is 1. The molecule has 3 aromatic rings. The lowest BCUT2D eigenvalue weighted by Crippen LogP contribution is -2.32. The summed E-state index contributed by atoms with van der Waals surface area (Å²) in [5, 5.41) is 12.8. The van der Waals surface area contributed by atoms with Crippen LogP contribution in [0.1, 0.15) is 82.2 Å². The molecule has 6 nitrogen and oxygen atoms in total. The number of methoxy groups -OCH3 is 2. The molecule has 0 saturated heterocycles. The smallest absolute Gasteiger partial charge is 0.339 e. The van der Waals surface area contributed by atoms with Crippen LogP contribution < -0.4 is 14.8 Å². The molecule has 200 valence electrons. The van der Waals surface area contributed by atoms with E-state index in [2.05, 4.69) is 46.4 Å². The Balaban J connectivity index is 1.71. The van der Waals surface area contributed by atoms with Crippen LogP contribution in [-0.4, -0.2) is 31.2 Å². The van der Waals surface area contributed by atoms with Crippen LogP contribution in [0.15, 0.2) is 59.1 Å². The van der Waals surface area contributed by atoms with Crippen molar-refractivity contribution in [3.8, 4) is 11.5 Å². The van der Waals surface area contributed by atoms with Gasteiger partial charge in [-0.15, -0.1) is 0 Å². The third-order valence-corrected chi connectivity index (χ3v) is 8.13. The van der Waals surface area contributed by atoms with E-state index in [0.717, 1.165) is 35.3 Å². The Morgan fingerprint density at radius 2 is 1.74 bits per heavy atom. The van der Waals surface area contributed by atoms with Crippen molar-refractivity contribution in [1.82, 2.24) is 5.32 Å². The zero-order chi connectivity index (χ0) is 27.2. The van der Waals surface area contributed by atoms with Crippen molar-refractivity contribution in [1.29, 1.82) is 0 Å². The van der Waals surface area contributed by atoms with Crippen LogP contribution in [0.2, 0.25) is 0 Å².